The minimum atomic E-state index is -0.0593. The first kappa shape index (κ1) is 25.2. The van der Waals surface area contributed by atoms with Gasteiger partial charge in [-0.2, -0.15) is 0 Å². The molecule has 0 bridgehead atoms. The van der Waals surface area contributed by atoms with Crippen LogP contribution >= 0.6 is 0 Å². The van der Waals surface area contributed by atoms with Gasteiger partial charge in [-0.3, -0.25) is 9.59 Å². The molecule has 0 rings (SSSR count). The monoisotopic (exact) mass is 344 g/mol. The predicted octanol–water partition coefficient (Wildman–Crippen LogP) is 5.82. The van der Waals surface area contributed by atoms with Crippen LogP contribution in [0, 0.1) is 0 Å². The summed E-state index contributed by atoms with van der Waals surface area (Å²) in [6.45, 7) is 9.03. The molecule has 4 heteroatoms. The van der Waals surface area contributed by atoms with E-state index in [2.05, 4.69) is 13.8 Å². The Morgan fingerprint density at radius 1 is 0.542 bits per heavy atom. The molecule has 0 N–H and O–H groups in total. The normalized spacial score (nSPS) is 9.83. The smallest absolute Gasteiger partial charge is 0.305 e. The second-order valence-corrected chi connectivity index (χ2v) is 5.94. The molecule has 0 aliphatic heterocycles. The average Bonchev–Trinajstić information content (AvgIpc) is 2.55. The standard InChI is InChI=1S/C12H24O2.C8H16O2/c1-3-5-6-7-8-9-10-11-12(13)14-4-2;1-3-5-6-7-8(9)10-4-2/h3-11H2,1-2H3;3-7H2,1-2H3. The molecule has 24 heavy (non-hydrogen) atoms. The Balaban J connectivity index is 0. The van der Waals surface area contributed by atoms with Gasteiger partial charge in [0.05, 0.1) is 13.2 Å². The molecule has 0 saturated heterocycles. The van der Waals surface area contributed by atoms with Crippen LogP contribution in [-0.2, 0) is 19.1 Å². The lowest BCUT2D eigenvalue weighted by Crippen LogP contribution is -2.03. The van der Waals surface area contributed by atoms with E-state index < -0.39 is 0 Å². The fraction of sp³-hybridized carbons (Fsp3) is 0.900. The number of carbonyl (C=O) groups is 2. The first-order valence-electron chi connectivity index (χ1n) is 9.93. The van der Waals surface area contributed by atoms with Crippen molar-refractivity contribution in [3.05, 3.63) is 0 Å². The van der Waals surface area contributed by atoms with E-state index >= 15 is 0 Å². The maximum absolute atomic E-state index is 11.0. The molecule has 0 fully saturated rings. The van der Waals surface area contributed by atoms with Gasteiger partial charge in [-0.25, -0.2) is 0 Å². The number of ether oxygens (including phenoxy) is 2. The quantitative estimate of drug-likeness (QED) is 0.294. The molecular formula is C20H40O4. The predicted molar refractivity (Wildman–Crippen MR) is 100 cm³/mol. The second kappa shape index (κ2) is 21.9. The first-order chi connectivity index (χ1) is 11.6. The molecule has 0 aromatic carbocycles. The van der Waals surface area contributed by atoms with Gasteiger partial charge in [0.15, 0.2) is 0 Å². The van der Waals surface area contributed by atoms with Crippen molar-refractivity contribution in [1.29, 1.82) is 0 Å². The molecule has 0 heterocycles. The summed E-state index contributed by atoms with van der Waals surface area (Å²) >= 11 is 0. The summed E-state index contributed by atoms with van der Waals surface area (Å²) < 4.78 is 9.60. The van der Waals surface area contributed by atoms with Gasteiger partial charge in [0.25, 0.3) is 0 Å². The summed E-state index contributed by atoms with van der Waals surface area (Å²) in [5.41, 5.74) is 0. The highest BCUT2D eigenvalue weighted by atomic mass is 16.5. The summed E-state index contributed by atoms with van der Waals surface area (Å²) in [7, 11) is 0. The Labute approximate surface area is 149 Å². The highest BCUT2D eigenvalue weighted by Gasteiger charge is 2.00. The third-order valence-corrected chi connectivity index (χ3v) is 3.58. The van der Waals surface area contributed by atoms with Crippen LogP contribution in [0.5, 0.6) is 0 Å². The number of esters is 2. The van der Waals surface area contributed by atoms with Crippen molar-refractivity contribution in [2.24, 2.45) is 0 Å². The van der Waals surface area contributed by atoms with Crippen LogP contribution < -0.4 is 0 Å². The Morgan fingerprint density at radius 2 is 0.875 bits per heavy atom. The zero-order valence-corrected chi connectivity index (χ0v) is 16.5. The molecule has 0 aromatic heterocycles. The van der Waals surface area contributed by atoms with E-state index in [1.165, 1.54) is 38.5 Å². The van der Waals surface area contributed by atoms with Crippen molar-refractivity contribution in [2.45, 2.75) is 105 Å². The maximum atomic E-state index is 11.0. The largest absolute Gasteiger partial charge is 0.466 e. The van der Waals surface area contributed by atoms with E-state index in [0.717, 1.165) is 25.7 Å². The van der Waals surface area contributed by atoms with Crippen molar-refractivity contribution in [2.75, 3.05) is 13.2 Å². The van der Waals surface area contributed by atoms with Gasteiger partial charge in [-0.05, 0) is 26.7 Å². The highest BCUT2D eigenvalue weighted by Crippen LogP contribution is 2.08. The molecular weight excluding hydrogens is 304 g/mol. The van der Waals surface area contributed by atoms with E-state index in [-0.39, 0.29) is 11.9 Å². The summed E-state index contributed by atoms with van der Waals surface area (Å²) in [5.74, 6) is -0.1000. The van der Waals surface area contributed by atoms with Gasteiger partial charge < -0.3 is 9.47 Å². The number of rotatable bonds is 14. The molecule has 0 spiro atoms. The Bertz CT molecular complexity index is 277. The molecule has 4 nitrogen and oxygen atoms in total. The van der Waals surface area contributed by atoms with Crippen LogP contribution in [-0.4, -0.2) is 25.2 Å². The van der Waals surface area contributed by atoms with Crippen LogP contribution in [0.2, 0.25) is 0 Å². The zero-order valence-electron chi connectivity index (χ0n) is 16.5. The summed E-state index contributed by atoms with van der Waals surface area (Å²) in [6, 6.07) is 0. The summed E-state index contributed by atoms with van der Waals surface area (Å²) in [6.07, 6.45) is 13.1. The average molecular weight is 345 g/mol. The third-order valence-electron chi connectivity index (χ3n) is 3.58. The van der Waals surface area contributed by atoms with Gasteiger partial charge in [0.1, 0.15) is 0 Å². The maximum Gasteiger partial charge on any atom is 0.305 e. The molecule has 0 saturated carbocycles. The van der Waals surface area contributed by atoms with E-state index in [1.807, 2.05) is 13.8 Å². The Hall–Kier alpha value is -1.06. The van der Waals surface area contributed by atoms with Gasteiger partial charge in [0.2, 0.25) is 0 Å². The molecule has 144 valence electrons. The van der Waals surface area contributed by atoms with E-state index in [0.29, 0.717) is 26.1 Å². The molecule has 0 aliphatic rings. The van der Waals surface area contributed by atoms with Gasteiger partial charge >= 0.3 is 11.9 Å². The second-order valence-electron chi connectivity index (χ2n) is 5.94. The van der Waals surface area contributed by atoms with Crippen LogP contribution in [0.25, 0.3) is 0 Å². The third kappa shape index (κ3) is 23.2. The molecule has 0 aromatic rings. The van der Waals surface area contributed by atoms with Crippen LogP contribution in [0.1, 0.15) is 105 Å². The van der Waals surface area contributed by atoms with E-state index in [4.69, 9.17) is 9.47 Å². The fourth-order valence-corrected chi connectivity index (χ4v) is 2.21. The highest BCUT2D eigenvalue weighted by molar-refractivity contribution is 5.69. The Morgan fingerprint density at radius 3 is 1.29 bits per heavy atom. The molecule has 0 aliphatic carbocycles. The molecule has 0 radical (unpaired) electrons. The fourth-order valence-electron chi connectivity index (χ4n) is 2.21. The van der Waals surface area contributed by atoms with Crippen molar-refractivity contribution in [1.82, 2.24) is 0 Å². The van der Waals surface area contributed by atoms with Crippen molar-refractivity contribution in [3.8, 4) is 0 Å². The van der Waals surface area contributed by atoms with Crippen molar-refractivity contribution >= 4 is 11.9 Å². The first-order valence-corrected chi connectivity index (χ1v) is 9.93. The lowest BCUT2D eigenvalue weighted by Gasteiger charge is -2.01. The van der Waals surface area contributed by atoms with Crippen molar-refractivity contribution in [3.63, 3.8) is 0 Å². The molecule has 0 unspecified atom stereocenters. The van der Waals surface area contributed by atoms with Crippen LogP contribution in [0.4, 0.5) is 0 Å². The lowest BCUT2D eigenvalue weighted by atomic mass is 10.1. The van der Waals surface area contributed by atoms with Gasteiger partial charge in [-0.1, -0.05) is 65.2 Å². The number of hydrogen-bond donors (Lipinski definition) is 0. The summed E-state index contributed by atoms with van der Waals surface area (Å²) in [4.78, 5) is 21.7. The molecule has 0 atom stereocenters. The van der Waals surface area contributed by atoms with E-state index in [9.17, 15) is 9.59 Å². The zero-order chi connectivity index (χ0) is 18.5. The topological polar surface area (TPSA) is 52.6 Å². The SMILES string of the molecule is CCCCCC(=O)OCC.CCCCCCCCCC(=O)OCC. The minimum absolute atomic E-state index is 0.0407. The summed E-state index contributed by atoms with van der Waals surface area (Å²) in [5, 5.41) is 0. The number of unbranched alkanes of at least 4 members (excludes halogenated alkanes) is 8. The van der Waals surface area contributed by atoms with Gasteiger partial charge in [-0.15, -0.1) is 0 Å². The Kier molecular flexibility index (Phi) is 23.0. The van der Waals surface area contributed by atoms with Gasteiger partial charge in [0, 0.05) is 12.8 Å². The number of hydrogen-bond acceptors (Lipinski definition) is 4. The minimum Gasteiger partial charge on any atom is -0.466 e. The van der Waals surface area contributed by atoms with E-state index in [1.54, 1.807) is 0 Å². The number of carbonyl (C=O) groups excluding carboxylic acids is 2. The molecule has 0 amide bonds. The van der Waals surface area contributed by atoms with Crippen LogP contribution in [0.3, 0.4) is 0 Å². The van der Waals surface area contributed by atoms with Crippen molar-refractivity contribution < 1.29 is 19.1 Å². The lowest BCUT2D eigenvalue weighted by molar-refractivity contribution is -0.144. The van der Waals surface area contributed by atoms with Crippen LogP contribution in [0.15, 0.2) is 0 Å².